The Balaban J connectivity index is 2.00. The van der Waals surface area contributed by atoms with Gasteiger partial charge in [0.1, 0.15) is 5.75 Å². The number of nitrogens with zero attached hydrogens (tertiary/aromatic N) is 2. The second-order valence-electron chi connectivity index (χ2n) is 6.59. The molecule has 0 atom stereocenters. The summed E-state index contributed by atoms with van der Waals surface area (Å²) >= 11 is 0. The highest BCUT2D eigenvalue weighted by Crippen LogP contribution is 2.35. The molecule has 29 heavy (non-hydrogen) atoms. The zero-order valence-corrected chi connectivity index (χ0v) is 15.9. The molecular formula is C24H20N2O3. The van der Waals surface area contributed by atoms with Gasteiger partial charge in [0, 0.05) is 16.7 Å². The van der Waals surface area contributed by atoms with E-state index in [2.05, 4.69) is 0 Å². The van der Waals surface area contributed by atoms with E-state index in [9.17, 15) is 9.90 Å². The Morgan fingerprint density at radius 3 is 2.03 bits per heavy atom. The van der Waals surface area contributed by atoms with Gasteiger partial charge < -0.3 is 9.84 Å². The molecule has 0 radical (unpaired) electrons. The Labute approximate surface area is 168 Å². The molecule has 0 spiro atoms. The fraction of sp³-hybridized carbons (Fsp3) is 0.0833. The maximum Gasteiger partial charge on any atom is 0.307 e. The second kappa shape index (κ2) is 8.02. The Kier molecular flexibility index (Phi) is 5.12. The number of aromatic nitrogens is 2. The summed E-state index contributed by atoms with van der Waals surface area (Å²) < 4.78 is 7.08. The lowest BCUT2D eigenvalue weighted by molar-refractivity contribution is -0.136. The van der Waals surface area contributed by atoms with Crippen molar-refractivity contribution in [2.45, 2.75) is 6.42 Å². The number of carbonyl (C=O) groups is 1. The lowest BCUT2D eigenvalue weighted by atomic mass is 9.99. The van der Waals surface area contributed by atoms with Crippen molar-refractivity contribution in [2.75, 3.05) is 7.11 Å². The molecule has 1 N–H and O–H groups in total. The van der Waals surface area contributed by atoms with Crippen LogP contribution < -0.4 is 4.74 Å². The summed E-state index contributed by atoms with van der Waals surface area (Å²) in [6, 6.07) is 27.0. The van der Waals surface area contributed by atoms with E-state index in [-0.39, 0.29) is 6.42 Å². The number of ether oxygens (including phenoxy) is 1. The fourth-order valence-corrected chi connectivity index (χ4v) is 3.40. The molecule has 0 amide bonds. The quantitative estimate of drug-likeness (QED) is 0.517. The van der Waals surface area contributed by atoms with Crippen LogP contribution in [0.5, 0.6) is 5.75 Å². The van der Waals surface area contributed by atoms with Crippen molar-refractivity contribution in [3.63, 3.8) is 0 Å². The maximum absolute atomic E-state index is 11.7. The first-order valence-electron chi connectivity index (χ1n) is 9.26. The molecule has 1 aromatic heterocycles. The highest BCUT2D eigenvalue weighted by molar-refractivity contribution is 5.82. The first kappa shape index (κ1) is 18.5. The van der Waals surface area contributed by atoms with Gasteiger partial charge in [-0.15, -0.1) is 0 Å². The Morgan fingerprint density at radius 1 is 0.897 bits per heavy atom. The second-order valence-corrected chi connectivity index (χ2v) is 6.59. The minimum absolute atomic E-state index is 0.120. The van der Waals surface area contributed by atoms with Crippen LogP contribution in [0.4, 0.5) is 0 Å². The minimum Gasteiger partial charge on any atom is -0.497 e. The van der Waals surface area contributed by atoms with Crippen LogP contribution in [0.1, 0.15) is 5.56 Å². The fourth-order valence-electron chi connectivity index (χ4n) is 3.40. The van der Waals surface area contributed by atoms with Crippen molar-refractivity contribution in [1.29, 1.82) is 0 Å². The van der Waals surface area contributed by atoms with E-state index in [0.29, 0.717) is 11.3 Å². The number of carboxylic acid groups (broad SMARTS) is 1. The summed E-state index contributed by atoms with van der Waals surface area (Å²) in [5, 5.41) is 14.5. The molecule has 0 unspecified atom stereocenters. The van der Waals surface area contributed by atoms with E-state index < -0.39 is 5.97 Å². The van der Waals surface area contributed by atoms with Crippen molar-refractivity contribution in [3.05, 3.63) is 90.5 Å². The highest BCUT2D eigenvalue weighted by atomic mass is 16.5. The third-order valence-electron chi connectivity index (χ3n) is 4.72. The number of hydrogen-bond donors (Lipinski definition) is 1. The third kappa shape index (κ3) is 3.75. The SMILES string of the molecule is COc1ccc(-n2nc(-c3ccccc3)c(CC(=O)O)c2-c2ccccc2)cc1. The van der Waals surface area contributed by atoms with Gasteiger partial charge in [0.15, 0.2) is 0 Å². The van der Waals surface area contributed by atoms with Crippen LogP contribution in [0, 0.1) is 0 Å². The monoisotopic (exact) mass is 384 g/mol. The van der Waals surface area contributed by atoms with Gasteiger partial charge >= 0.3 is 5.97 Å². The predicted octanol–water partition coefficient (Wildman–Crippen LogP) is 4.84. The number of benzene rings is 3. The number of rotatable bonds is 6. The van der Waals surface area contributed by atoms with Gasteiger partial charge in [-0.25, -0.2) is 4.68 Å². The van der Waals surface area contributed by atoms with E-state index >= 15 is 0 Å². The van der Waals surface area contributed by atoms with E-state index in [1.807, 2.05) is 89.6 Å². The number of hydrogen-bond acceptors (Lipinski definition) is 3. The lowest BCUT2D eigenvalue weighted by Gasteiger charge is -2.10. The van der Waals surface area contributed by atoms with Gasteiger partial charge in [0.2, 0.25) is 0 Å². The van der Waals surface area contributed by atoms with Gasteiger partial charge in [-0.2, -0.15) is 5.10 Å². The summed E-state index contributed by atoms with van der Waals surface area (Å²) in [6.45, 7) is 0. The van der Waals surface area contributed by atoms with Crippen molar-refractivity contribution < 1.29 is 14.6 Å². The molecule has 0 fully saturated rings. The van der Waals surface area contributed by atoms with Crippen LogP contribution in [-0.4, -0.2) is 28.0 Å². The zero-order chi connectivity index (χ0) is 20.2. The Bertz CT molecular complexity index is 1120. The molecule has 0 bridgehead atoms. The minimum atomic E-state index is -0.895. The molecule has 0 aliphatic rings. The molecular weight excluding hydrogens is 364 g/mol. The summed E-state index contributed by atoms with van der Waals surface area (Å²) in [4.78, 5) is 11.7. The molecule has 5 nitrogen and oxygen atoms in total. The molecule has 0 aliphatic heterocycles. The van der Waals surface area contributed by atoms with E-state index in [4.69, 9.17) is 9.84 Å². The van der Waals surface area contributed by atoms with Crippen LogP contribution in [0.3, 0.4) is 0 Å². The smallest absolute Gasteiger partial charge is 0.307 e. The first-order valence-corrected chi connectivity index (χ1v) is 9.26. The molecule has 144 valence electrons. The normalized spacial score (nSPS) is 10.7. The predicted molar refractivity (Wildman–Crippen MR) is 112 cm³/mol. The summed E-state index contributed by atoms with van der Waals surface area (Å²) in [6.07, 6.45) is -0.120. The van der Waals surface area contributed by atoms with Gasteiger partial charge in [-0.05, 0) is 24.3 Å². The van der Waals surface area contributed by atoms with Crippen LogP contribution in [0.2, 0.25) is 0 Å². The average molecular weight is 384 g/mol. The summed E-state index contributed by atoms with van der Waals surface area (Å²) in [7, 11) is 1.62. The van der Waals surface area contributed by atoms with Crippen LogP contribution in [0.15, 0.2) is 84.9 Å². The zero-order valence-electron chi connectivity index (χ0n) is 15.9. The molecule has 0 saturated heterocycles. The number of aliphatic carboxylic acids is 1. The molecule has 4 rings (SSSR count). The number of methoxy groups -OCH3 is 1. The molecule has 3 aromatic carbocycles. The van der Waals surface area contributed by atoms with Crippen molar-refractivity contribution in [1.82, 2.24) is 9.78 Å². The summed E-state index contributed by atoms with van der Waals surface area (Å²) in [5.41, 5.74) is 4.76. The maximum atomic E-state index is 11.7. The molecule has 4 aromatic rings. The van der Waals surface area contributed by atoms with Gasteiger partial charge in [0.05, 0.1) is 30.6 Å². The molecule has 0 saturated carbocycles. The van der Waals surface area contributed by atoms with Crippen molar-refractivity contribution >= 4 is 5.97 Å². The largest absolute Gasteiger partial charge is 0.497 e. The Hall–Kier alpha value is -3.86. The Morgan fingerprint density at radius 2 is 1.48 bits per heavy atom. The highest BCUT2D eigenvalue weighted by Gasteiger charge is 2.23. The van der Waals surface area contributed by atoms with Gasteiger partial charge in [0.25, 0.3) is 0 Å². The third-order valence-corrected chi connectivity index (χ3v) is 4.72. The number of carboxylic acids is 1. The van der Waals surface area contributed by atoms with Crippen LogP contribution >= 0.6 is 0 Å². The molecule has 1 heterocycles. The van der Waals surface area contributed by atoms with Crippen LogP contribution in [0.25, 0.3) is 28.2 Å². The standard InChI is InChI=1S/C24H20N2O3/c1-29-20-14-12-19(13-15-20)26-24(18-10-6-3-7-11-18)21(16-22(27)28)23(25-26)17-8-4-2-5-9-17/h2-15H,16H2,1H3,(H,27,28). The van der Waals surface area contributed by atoms with Gasteiger partial charge in [-0.3, -0.25) is 4.79 Å². The molecule has 5 heteroatoms. The first-order chi connectivity index (χ1) is 14.2. The topological polar surface area (TPSA) is 64.4 Å². The van der Waals surface area contributed by atoms with Crippen molar-refractivity contribution in [2.24, 2.45) is 0 Å². The van der Waals surface area contributed by atoms with E-state index in [1.165, 1.54) is 0 Å². The molecule has 0 aliphatic carbocycles. The van der Waals surface area contributed by atoms with E-state index in [1.54, 1.807) is 7.11 Å². The van der Waals surface area contributed by atoms with Crippen molar-refractivity contribution in [3.8, 4) is 34.0 Å². The van der Waals surface area contributed by atoms with Gasteiger partial charge in [-0.1, -0.05) is 60.7 Å². The van der Waals surface area contributed by atoms with Crippen LogP contribution in [-0.2, 0) is 11.2 Å². The van der Waals surface area contributed by atoms with E-state index in [0.717, 1.165) is 28.3 Å². The summed E-state index contributed by atoms with van der Waals surface area (Å²) in [5.74, 6) is -0.148. The average Bonchev–Trinajstić information content (AvgIpc) is 3.13. The lowest BCUT2D eigenvalue weighted by Crippen LogP contribution is -2.04.